The van der Waals surface area contributed by atoms with Crippen molar-refractivity contribution in [1.29, 1.82) is 0 Å². The van der Waals surface area contributed by atoms with Crippen LogP contribution in [0.5, 0.6) is 0 Å². The maximum atomic E-state index is 12.7. The van der Waals surface area contributed by atoms with E-state index in [1.165, 1.54) is 57.8 Å². The number of aliphatic carboxylic acids is 1. The minimum Gasteiger partial charge on any atom is -0.479 e. The predicted octanol–water partition coefficient (Wildman–Crippen LogP) is 6.29. The summed E-state index contributed by atoms with van der Waals surface area (Å²) >= 11 is 0. The summed E-state index contributed by atoms with van der Waals surface area (Å²) in [5.74, 6) is 2.63. The molecule has 7 nitrogen and oxygen atoms in total. The monoisotopic (exact) mass is 585 g/mol. The minimum absolute atomic E-state index is 0.0372. The summed E-state index contributed by atoms with van der Waals surface area (Å²) in [4.78, 5) is 26.5. The number of hydrogen-bond acceptors (Lipinski definition) is 5. The number of amides is 1. The lowest BCUT2D eigenvalue weighted by Gasteiger charge is -2.57. The zero-order chi connectivity index (χ0) is 29.5. The van der Waals surface area contributed by atoms with Crippen LogP contribution in [0.15, 0.2) is 0 Å². The van der Waals surface area contributed by atoms with E-state index in [4.69, 9.17) is 14.2 Å². The Balaban J connectivity index is 1.04. The molecule has 1 spiro atoms. The fraction of sp³-hybridized carbons (Fsp3) is 0.943. The van der Waals surface area contributed by atoms with E-state index in [1.54, 1.807) is 0 Å². The number of carboxylic acid groups (broad SMARTS) is 1. The second kappa shape index (κ2) is 10.4. The third kappa shape index (κ3) is 4.60. The molecule has 0 aromatic carbocycles. The quantitative estimate of drug-likeness (QED) is 0.343. The topological polar surface area (TPSA) is 85.3 Å². The Kier molecular flexibility index (Phi) is 7.34. The van der Waals surface area contributed by atoms with Crippen LogP contribution in [-0.4, -0.2) is 66.7 Å². The summed E-state index contributed by atoms with van der Waals surface area (Å²) in [5.41, 5.74) is 1.14. The third-order valence-electron chi connectivity index (χ3n) is 14.0. The van der Waals surface area contributed by atoms with Crippen molar-refractivity contribution >= 4 is 11.9 Å². The molecule has 10 atom stereocenters. The van der Waals surface area contributed by atoms with Crippen LogP contribution in [0.1, 0.15) is 111 Å². The molecule has 1 N–H and O–H groups in total. The normalized spacial score (nSPS) is 46.3. The maximum Gasteiger partial charge on any atom is 0.332 e. The molecular formula is C35H55NO6. The molecule has 2 saturated heterocycles. The average Bonchev–Trinajstić information content (AvgIpc) is 3.87. The number of nitrogens with zero attached hydrogens (tertiary/aromatic N) is 1. The first-order valence-corrected chi connectivity index (χ1v) is 17.4. The molecule has 7 unspecified atom stereocenters. The number of fused-ring (bicyclic) bond motifs is 4. The Morgan fingerprint density at radius 1 is 1.05 bits per heavy atom. The zero-order valence-corrected chi connectivity index (χ0v) is 26.6. The fourth-order valence-electron chi connectivity index (χ4n) is 12.0. The Morgan fingerprint density at radius 2 is 1.83 bits per heavy atom. The third-order valence-corrected chi connectivity index (χ3v) is 14.0. The number of morpholine rings is 1. The van der Waals surface area contributed by atoms with Gasteiger partial charge in [-0.05, 0) is 122 Å². The van der Waals surface area contributed by atoms with Gasteiger partial charge in [-0.25, -0.2) is 4.79 Å². The van der Waals surface area contributed by atoms with Crippen molar-refractivity contribution in [2.45, 2.75) is 130 Å². The van der Waals surface area contributed by atoms with Crippen LogP contribution < -0.4 is 0 Å². The minimum atomic E-state index is -0.782. The Hall–Kier alpha value is -1.18. The summed E-state index contributed by atoms with van der Waals surface area (Å²) in [5, 5.41) is 9.65. The molecule has 42 heavy (non-hydrogen) atoms. The molecule has 2 aliphatic heterocycles. The van der Waals surface area contributed by atoms with Crippen LogP contribution in [0.3, 0.4) is 0 Å². The zero-order valence-electron chi connectivity index (χ0n) is 26.6. The highest BCUT2D eigenvalue weighted by molar-refractivity contribution is 5.76. The van der Waals surface area contributed by atoms with Gasteiger partial charge in [0.1, 0.15) is 0 Å². The van der Waals surface area contributed by atoms with Crippen molar-refractivity contribution in [1.82, 2.24) is 4.90 Å². The highest BCUT2D eigenvalue weighted by Crippen LogP contribution is 2.85. The molecule has 0 aromatic heterocycles. The lowest BCUT2D eigenvalue weighted by atomic mass is 9.48. The highest BCUT2D eigenvalue weighted by Gasteiger charge is 2.79. The number of carboxylic acids is 1. The van der Waals surface area contributed by atoms with Gasteiger partial charge in [0.05, 0.1) is 25.9 Å². The number of rotatable bonds is 9. The molecule has 0 aromatic rings. The van der Waals surface area contributed by atoms with Crippen molar-refractivity contribution in [2.75, 3.05) is 26.3 Å². The van der Waals surface area contributed by atoms with Crippen LogP contribution in [0.4, 0.5) is 0 Å². The van der Waals surface area contributed by atoms with Gasteiger partial charge in [-0.3, -0.25) is 4.79 Å². The van der Waals surface area contributed by atoms with Gasteiger partial charge in [-0.15, -0.1) is 0 Å². The van der Waals surface area contributed by atoms with E-state index in [0.29, 0.717) is 73.6 Å². The number of ether oxygens (including phenoxy) is 3. The maximum absolute atomic E-state index is 12.7. The van der Waals surface area contributed by atoms with Crippen LogP contribution in [0.2, 0.25) is 0 Å². The summed E-state index contributed by atoms with van der Waals surface area (Å²) < 4.78 is 18.8. The molecule has 0 bridgehead atoms. The average molecular weight is 586 g/mol. The van der Waals surface area contributed by atoms with Gasteiger partial charge in [0.25, 0.3) is 0 Å². The molecule has 7 aliphatic rings. The van der Waals surface area contributed by atoms with E-state index >= 15 is 0 Å². The molecule has 7 heteroatoms. The molecule has 2 heterocycles. The van der Waals surface area contributed by atoms with Crippen molar-refractivity contribution in [3.05, 3.63) is 0 Å². The predicted molar refractivity (Wildman–Crippen MR) is 158 cm³/mol. The first-order chi connectivity index (χ1) is 20.0. The molecule has 1 amide bonds. The molecule has 236 valence electrons. The van der Waals surface area contributed by atoms with Gasteiger partial charge in [-0.2, -0.15) is 0 Å². The summed E-state index contributed by atoms with van der Waals surface area (Å²) in [7, 11) is 0. The molecule has 5 aliphatic carbocycles. The smallest absolute Gasteiger partial charge is 0.332 e. The van der Waals surface area contributed by atoms with Gasteiger partial charge >= 0.3 is 5.97 Å². The van der Waals surface area contributed by atoms with E-state index < -0.39 is 12.1 Å². The summed E-state index contributed by atoms with van der Waals surface area (Å²) in [6.45, 7) is 12.2. The highest BCUT2D eigenvalue weighted by atomic mass is 16.7. The van der Waals surface area contributed by atoms with Crippen LogP contribution in [0.25, 0.3) is 0 Å². The summed E-state index contributed by atoms with van der Waals surface area (Å²) in [6.07, 6.45) is 14.0. The molecular weight excluding hydrogens is 530 g/mol. The van der Waals surface area contributed by atoms with Crippen LogP contribution in [0, 0.1) is 51.2 Å². The van der Waals surface area contributed by atoms with E-state index in [1.807, 2.05) is 4.90 Å². The van der Waals surface area contributed by atoms with Crippen molar-refractivity contribution in [3.63, 3.8) is 0 Å². The van der Waals surface area contributed by atoms with Crippen molar-refractivity contribution in [2.24, 2.45) is 51.2 Å². The van der Waals surface area contributed by atoms with Gasteiger partial charge in [0.2, 0.25) is 5.91 Å². The van der Waals surface area contributed by atoms with E-state index in [9.17, 15) is 14.7 Å². The number of carbonyl (C=O) groups is 2. The Bertz CT molecular complexity index is 1070. The fourth-order valence-corrected chi connectivity index (χ4v) is 12.0. The van der Waals surface area contributed by atoms with Gasteiger partial charge in [-0.1, -0.05) is 34.1 Å². The molecule has 5 saturated carbocycles. The van der Waals surface area contributed by atoms with Gasteiger partial charge in [0.15, 0.2) is 12.4 Å². The molecule has 0 radical (unpaired) electrons. The summed E-state index contributed by atoms with van der Waals surface area (Å²) in [6, 6.07) is 0. The van der Waals surface area contributed by atoms with E-state index in [0.717, 1.165) is 18.8 Å². The Morgan fingerprint density at radius 3 is 2.57 bits per heavy atom. The number of hydrogen-bond donors (Lipinski definition) is 1. The first-order valence-electron chi connectivity index (χ1n) is 17.4. The SMILES string of the molecule is CCC[C@]12C[C@]13CC[C@]1(C)C4CCC(C(=O)O)OC4CC1C3CCC2C(C)(C)COC1CN(C(=O)CC2CC2)CCO1. The van der Waals surface area contributed by atoms with E-state index in [-0.39, 0.29) is 29.1 Å². The Labute approximate surface area is 252 Å². The molecule has 7 rings (SSSR count). The lowest BCUT2D eigenvalue weighted by molar-refractivity contribution is -0.202. The van der Waals surface area contributed by atoms with E-state index in [2.05, 4.69) is 27.7 Å². The largest absolute Gasteiger partial charge is 0.479 e. The van der Waals surface area contributed by atoms with Crippen molar-refractivity contribution < 1.29 is 28.9 Å². The first kappa shape index (κ1) is 29.5. The lowest BCUT2D eigenvalue weighted by Crippen LogP contribution is -2.51. The second-order valence-electron chi connectivity index (χ2n) is 16.6. The van der Waals surface area contributed by atoms with Crippen molar-refractivity contribution in [3.8, 4) is 0 Å². The van der Waals surface area contributed by atoms with Crippen LogP contribution in [-0.2, 0) is 23.8 Å². The van der Waals surface area contributed by atoms with Crippen LogP contribution >= 0.6 is 0 Å². The van der Waals surface area contributed by atoms with Gasteiger partial charge < -0.3 is 24.2 Å². The van der Waals surface area contributed by atoms with Gasteiger partial charge in [0, 0.05) is 13.0 Å². The second-order valence-corrected chi connectivity index (χ2v) is 16.6. The molecule has 7 fully saturated rings. The number of carbonyl (C=O) groups excluding carboxylic acids is 1. The standard InChI is InChI=1S/C35H55NO6/c1-5-12-35-20-34(35)14-13-33(4)24-8-10-26(31(38)39)42-27(24)18-25(33)23(34)9-11-28(35)32(2,3)21-41-30-19-36(15-16-40-30)29(37)17-22-6-7-22/h22-28,30H,5-21H2,1-4H3,(H,38,39)/t23?,24?,25?,26?,27?,28?,30?,33-,34+,35-/m1/s1.